The predicted octanol–water partition coefficient (Wildman–Crippen LogP) is 4.26. The summed E-state index contributed by atoms with van der Waals surface area (Å²) in [7, 11) is 0. The van der Waals surface area contributed by atoms with Crippen molar-refractivity contribution in [2.24, 2.45) is 5.73 Å². The molecule has 0 atom stereocenters. The van der Waals surface area contributed by atoms with Crippen LogP contribution in [0.15, 0.2) is 60.0 Å². The average molecular weight is 434 g/mol. The number of amides is 1. The van der Waals surface area contributed by atoms with Crippen LogP contribution in [-0.4, -0.2) is 44.3 Å². The minimum atomic E-state index is 0.0645. The van der Waals surface area contributed by atoms with Gasteiger partial charge >= 0.3 is 0 Å². The van der Waals surface area contributed by atoms with Crippen molar-refractivity contribution in [2.45, 2.75) is 31.7 Å². The maximum atomic E-state index is 12.8. The zero-order valence-electron chi connectivity index (χ0n) is 17.2. The first-order valence-corrected chi connectivity index (χ1v) is 11.0. The van der Waals surface area contributed by atoms with Crippen LogP contribution < -0.4 is 5.73 Å². The number of fused-ring (bicyclic) bond motifs is 1. The van der Waals surface area contributed by atoms with Crippen LogP contribution in [0.5, 0.6) is 0 Å². The van der Waals surface area contributed by atoms with Crippen molar-refractivity contribution in [1.29, 1.82) is 0 Å². The molecule has 1 aromatic carbocycles. The second-order valence-electron chi connectivity index (χ2n) is 8.16. The number of allylic oxidation sites excluding steroid dienone is 4. The highest BCUT2D eigenvalue weighted by Crippen LogP contribution is 2.29. The first kappa shape index (κ1) is 20.0. The molecule has 1 amide bonds. The molecule has 3 heterocycles. The summed E-state index contributed by atoms with van der Waals surface area (Å²) in [6.07, 6.45) is 13.1. The van der Waals surface area contributed by atoms with Crippen molar-refractivity contribution >= 4 is 28.7 Å². The largest absolute Gasteiger partial charge is 0.339 e. The van der Waals surface area contributed by atoms with Crippen molar-refractivity contribution in [3.05, 3.63) is 71.3 Å². The fraction of sp³-hybridized carbons (Fsp3) is 0.292. The maximum absolute atomic E-state index is 12.8. The third kappa shape index (κ3) is 4.01. The number of rotatable bonds is 3. The quantitative estimate of drug-likeness (QED) is 0.669. The molecule has 31 heavy (non-hydrogen) atoms. The Balaban J connectivity index is 1.41. The van der Waals surface area contributed by atoms with Crippen LogP contribution >= 0.6 is 11.6 Å². The van der Waals surface area contributed by atoms with Gasteiger partial charge in [0.05, 0.1) is 23.8 Å². The smallest absolute Gasteiger partial charge is 0.253 e. The minimum absolute atomic E-state index is 0.0645. The molecule has 0 saturated carbocycles. The molecule has 5 rings (SSSR count). The van der Waals surface area contributed by atoms with Gasteiger partial charge in [-0.2, -0.15) is 0 Å². The molecule has 2 aliphatic rings. The van der Waals surface area contributed by atoms with E-state index in [1.165, 1.54) is 5.57 Å². The van der Waals surface area contributed by atoms with E-state index >= 15 is 0 Å². The van der Waals surface area contributed by atoms with Gasteiger partial charge in [-0.15, -0.1) is 0 Å². The molecule has 1 fully saturated rings. The summed E-state index contributed by atoms with van der Waals surface area (Å²) in [5.74, 6) is 0.0645. The molecule has 0 spiro atoms. The van der Waals surface area contributed by atoms with Gasteiger partial charge in [0.1, 0.15) is 0 Å². The summed E-state index contributed by atoms with van der Waals surface area (Å²) in [6, 6.07) is 7.87. The average Bonchev–Trinajstić information content (AvgIpc) is 3.23. The van der Waals surface area contributed by atoms with E-state index in [2.05, 4.69) is 20.4 Å². The summed E-state index contributed by atoms with van der Waals surface area (Å²) in [5.41, 5.74) is 11.5. The van der Waals surface area contributed by atoms with Crippen LogP contribution in [0, 0.1) is 0 Å². The number of nitrogens with two attached hydrogens (primary N) is 1. The fourth-order valence-corrected chi connectivity index (χ4v) is 4.33. The van der Waals surface area contributed by atoms with Crippen molar-refractivity contribution in [3.63, 3.8) is 0 Å². The van der Waals surface area contributed by atoms with E-state index in [1.807, 2.05) is 47.6 Å². The number of hydrogen-bond acceptors (Lipinski definition) is 4. The van der Waals surface area contributed by atoms with Crippen LogP contribution in [0.25, 0.3) is 22.5 Å². The highest BCUT2D eigenvalue weighted by Gasteiger charge is 2.21. The van der Waals surface area contributed by atoms with Gasteiger partial charge in [-0.1, -0.05) is 29.8 Å². The second-order valence-corrected chi connectivity index (χ2v) is 8.64. The third-order valence-corrected chi connectivity index (χ3v) is 6.39. The first-order valence-electron chi connectivity index (χ1n) is 10.6. The summed E-state index contributed by atoms with van der Waals surface area (Å²) in [5, 5.41) is 0.877. The number of imidazole rings is 1. The van der Waals surface area contributed by atoms with Gasteiger partial charge in [0.15, 0.2) is 5.65 Å². The number of nitrogens with zero attached hydrogens (tertiary/aromatic N) is 4. The Morgan fingerprint density at radius 1 is 1.03 bits per heavy atom. The molecule has 2 N–H and O–H groups in total. The lowest BCUT2D eigenvalue weighted by atomic mass is 10.0. The summed E-state index contributed by atoms with van der Waals surface area (Å²) >= 11 is 6.11. The van der Waals surface area contributed by atoms with Gasteiger partial charge in [-0.05, 0) is 49.5 Å². The monoisotopic (exact) mass is 433 g/mol. The van der Waals surface area contributed by atoms with Crippen LogP contribution in [0.2, 0.25) is 0 Å². The number of carbonyl (C=O) groups is 1. The van der Waals surface area contributed by atoms with E-state index < -0.39 is 0 Å². The lowest BCUT2D eigenvalue weighted by molar-refractivity contribution is 0.0715. The van der Waals surface area contributed by atoms with Crippen molar-refractivity contribution in [2.75, 3.05) is 13.1 Å². The first-order chi connectivity index (χ1) is 15.1. The molecule has 2 aromatic heterocycles. The predicted molar refractivity (Wildman–Crippen MR) is 123 cm³/mol. The molecule has 1 aliphatic carbocycles. The molecule has 0 unspecified atom stereocenters. The summed E-state index contributed by atoms with van der Waals surface area (Å²) < 4.78 is 2.07. The van der Waals surface area contributed by atoms with Crippen molar-refractivity contribution in [3.8, 4) is 11.3 Å². The Morgan fingerprint density at radius 3 is 2.52 bits per heavy atom. The van der Waals surface area contributed by atoms with Gasteiger partial charge in [0.2, 0.25) is 0 Å². The van der Waals surface area contributed by atoms with E-state index in [1.54, 1.807) is 6.20 Å². The molecule has 0 bridgehead atoms. The highest BCUT2D eigenvalue weighted by atomic mass is 35.5. The van der Waals surface area contributed by atoms with Gasteiger partial charge < -0.3 is 10.6 Å². The van der Waals surface area contributed by atoms with Crippen LogP contribution in [0.1, 0.15) is 41.7 Å². The highest BCUT2D eigenvalue weighted by molar-refractivity contribution is 6.29. The number of hydrogen-bond donors (Lipinski definition) is 1. The maximum Gasteiger partial charge on any atom is 0.253 e. The Labute approximate surface area is 186 Å². The van der Waals surface area contributed by atoms with Crippen molar-refractivity contribution < 1.29 is 4.79 Å². The van der Waals surface area contributed by atoms with Gasteiger partial charge in [-0.3, -0.25) is 14.2 Å². The number of piperidine rings is 1. The molecule has 0 radical (unpaired) electrons. The Kier molecular flexibility index (Phi) is 5.34. The van der Waals surface area contributed by atoms with E-state index in [9.17, 15) is 4.79 Å². The van der Waals surface area contributed by atoms with E-state index in [4.69, 9.17) is 17.3 Å². The number of benzene rings is 1. The van der Waals surface area contributed by atoms with E-state index in [0.29, 0.717) is 5.56 Å². The summed E-state index contributed by atoms with van der Waals surface area (Å²) in [4.78, 5) is 23.7. The zero-order valence-corrected chi connectivity index (χ0v) is 17.9. The van der Waals surface area contributed by atoms with E-state index in [0.717, 1.165) is 66.4 Å². The Hall–Kier alpha value is -2.96. The normalized spacial score (nSPS) is 17.5. The van der Waals surface area contributed by atoms with Gasteiger partial charge in [0.25, 0.3) is 5.91 Å². The topological polar surface area (TPSA) is 76.5 Å². The molecule has 3 aromatic rings. The number of likely N-dealkylation sites (tertiary alicyclic amines) is 1. The molecule has 1 saturated heterocycles. The molecular weight excluding hydrogens is 410 g/mol. The molecule has 158 valence electrons. The molecule has 7 heteroatoms. The van der Waals surface area contributed by atoms with Crippen LogP contribution in [0.3, 0.4) is 0 Å². The molecule has 1 aliphatic heterocycles. The standard InChI is InChI=1S/C24H24ClN5O/c25-19-7-5-17(6-8-19)22-13-28-23-14-27-21(15-30(22)23)16-1-3-18(4-2-16)24(31)29-11-9-20(26)10-12-29/h1-5,7,13-15,20H,6,8-12,26H2. The summed E-state index contributed by atoms with van der Waals surface area (Å²) in [6.45, 7) is 1.44. The number of aromatic nitrogens is 3. The molecule has 6 nitrogen and oxygen atoms in total. The SMILES string of the molecule is NC1CCN(C(=O)c2ccc(-c3cn4c(C5=CC=C(Cl)CC5)cnc4cn3)cc2)CC1. The number of halogens is 1. The zero-order chi connectivity index (χ0) is 21.4. The van der Waals surface area contributed by atoms with Crippen LogP contribution in [-0.2, 0) is 0 Å². The molecular formula is C24H24ClN5O. The fourth-order valence-electron chi connectivity index (χ4n) is 4.17. The van der Waals surface area contributed by atoms with E-state index in [-0.39, 0.29) is 11.9 Å². The van der Waals surface area contributed by atoms with Crippen LogP contribution in [0.4, 0.5) is 0 Å². The van der Waals surface area contributed by atoms with Gasteiger partial charge in [-0.25, -0.2) is 4.98 Å². The lowest BCUT2D eigenvalue weighted by Crippen LogP contribution is -2.42. The minimum Gasteiger partial charge on any atom is -0.339 e. The lowest BCUT2D eigenvalue weighted by Gasteiger charge is -2.30. The third-order valence-electron chi connectivity index (χ3n) is 6.08. The van der Waals surface area contributed by atoms with Gasteiger partial charge in [0, 0.05) is 41.5 Å². The van der Waals surface area contributed by atoms with Crippen molar-refractivity contribution in [1.82, 2.24) is 19.3 Å². The second kappa shape index (κ2) is 8.29. The Morgan fingerprint density at radius 2 is 1.81 bits per heavy atom. The number of carbonyl (C=O) groups excluding carboxylic acids is 1. The Bertz CT molecular complexity index is 1190.